The number of piperazine rings is 1. The molecule has 1 saturated heterocycles. The van der Waals surface area contributed by atoms with E-state index in [1.165, 1.54) is 20.3 Å². The molecule has 1 aliphatic heterocycles. The van der Waals surface area contributed by atoms with Gasteiger partial charge in [-0.25, -0.2) is 4.39 Å². The molecule has 0 spiro atoms. The Morgan fingerprint density at radius 2 is 1.74 bits per heavy atom. The predicted molar refractivity (Wildman–Crippen MR) is 116 cm³/mol. The summed E-state index contributed by atoms with van der Waals surface area (Å²) in [6, 6.07) is 11.7. The highest BCUT2D eigenvalue weighted by atomic mass is 19.1. The molecule has 0 atom stereocenters. The van der Waals surface area contributed by atoms with Crippen LogP contribution in [-0.2, 0) is 9.59 Å². The van der Waals surface area contributed by atoms with Crippen LogP contribution in [0, 0.1) is 5.82 Å². The fourth-order valence-corrected chi connectivity index (χ4v) is 3.42. The highest BCUT2D eigenvalue weighted by Crippen LogP contribution is 2.28. The maximum Gasteiger partial charge on any atom is 0.313 e. The molecular weight excluding hydrogens is 403 g/mol. The van der Waals surface area contributed by atoms with Gasteiger partial charge in [-0.15, -0.1) is 0 Å². The molecule has 0 saturated carbocycles. The van der Waals surface area contributed by atoms with E-state index in [-0.39, 0.29) is 5.82 Å². The van der Waals surface area contributed by atoms with Gasteiger partial charge < -0.3 is 25.0 Å². The predicted octanol–water partition coefficient (Wildman–Crippen LogP) is 1.72. The summed E-state index contributed by atoms with van der Waals surface area (Å²) in [4.78, 5) is 28.6. The molecule has 8 nitrogen and oxygen atoms in total. The number of hydrogen-bond acceptors (Lipinski definition) is 6. The van der Waals surface area contributed by atoms with Gasteiger partial charge in [-0.05, 0) is 24.3 Å². The Morgan fingerprint density at radius 1 is 1.00 bits per heavy atom. The molecule has 0 aromatic heterocycles. The van der Waals surface area contributed by atoms with Crippen molar-refractivity contribution in [3.05, 3.63) is 48.3 Å². The van der Waals surface area contributed by atoms with Crippen LogP contribution in [0.4, 0.5) is 15.8 Å². The van der Waals surface area contributed by atoms with E-state index in [0.29, 0.717) is 49.1 Å². The summed E-state index contributed by atoms with van der Waals surface area (Å²) in [5, 5.41) is 5.17. The van der Waals surface area contributed by atoms with Crippen molar-refractivity contribution in [1.82, 2.24) is 10.2 Å². The summed E-state index contributed by atoms with van der Waals surface area (Å²) in [7, 11) is 2.99. The molecule has 2 amide bonds. The lowest BCUT2D eigenvalue weighted by Gasteiger charge is -2.36. The summed E-state index contributed by atoms with van der Waals surface area (Å²) >= 11 is 0. The average molecular weight is 430 g/mol. The normalized spacial score (nSPS) is 14.1. The largest absolute Gasteiger partial charge is 0.497 e. The average Bonchev–Trinajstić information content (AvgIpc) is 2.79. The van der Waals surface area contributed by atoms with Crippen LogP contribution in [0.25, 0.3) is 0 Å². The summed E-state index contributed by atoms with van der Waals surface area (Å²) in [5.41, 5.74) is 0.964. The maximum atomic E-state index is 13.9. The van der Waals surface area contributed by atoms with Gasteiger partial charge in [0.05, 0.1) is 25.6 Å². The van der Waals surface area contributed by atoms with Crippen LogP contribution in [0.3, 0.4) is 0 Å². The zero-order valence-electron chi connectivity index (χ0n) is 17.7. The van der Waals surface area contributed by atoms with Gasteiger partial charge in [0.25, 0.3) is 0 Å². The Bertz CT molecular complexity index is 916. The van der Waals surface area contributed by atoms with E-state index >= 15 is 0 Å². The Kier molecular flexibility index (Phi) is 7.66. The Labute approximate surface area is 180 Å². The number of ether oxygens (including phenoxy) is 2. The van der Waals surface area contributed by atoms with Crippen molar-refractivity contribution < 1.29 is 23.5 Å². The number of nitrogens with zero attached hydrogens (tertiary/aromatic N) is 2. The standard InChI is InChI=1S/C22H27FN4O4/c1-30-16-7-8-20(31-2)18(15-16)25-22(29)21(28)24-9-10-26-11-13-27(14-12-26)19-6-4-3-5-17(19)23/h3-8,15H,9-14H2,1-2H3,(H,24,28)(H,25,29). The van der Waals surface area contributed by atoms with Crippen molar-refractivity contribution >= 4 is 23.2 Å². The van der Waals surface area contributed by atoms with Crippen LogP contribution in [0.1, 0.15) is 0 Å². The quantitative estimate of drug-likeness (QED) is 0.651. The number of rotatable bonds is 7. The summed E-state index contributed by atoms with van der Waals surface area (Å²) in [6.07, 6.45) is 0. The third-order valence-electron chi connectivity index (χ3n) is 5.14. The van der Waals surface area contributed by atoms with Gasteiger partial charge in [0.1, 0.15) is 17.3 Å². The van der Waals surface area contributed by atoms with Gasteiger partial charge in [0.15, 0.2) is 0 Å². The minimum atomic E-state index is -0.782. The van der Waals surface area contributed by atoms with Crippen LogP contribution in [0.2, 0.25) is 0 Å². The first-order valence-corrected chi connectivity index (χ1v) is 10.0. The molecule has 0 radical (unpaired) electrons. The van der Waals surface area contributed by atoms with Crippen molar-refractivity contribution in [2.24, 2.45) is 0 Å². The van der Waals surface area contributed by atoms with Gasteiger partial charge in [0, 0.05) is 45.3 Å². The second-order valence-electron chi connectivity index (χ2n) is 7.06. The molecule has 0 aliphatic carbocycles. The highest BCUT2D eigenvalue weighted by molar-refractivity contribution is 6.39. The lowest BCUT2D eigenvalue weighted by Crippen LogP contribution is -2.49. The monoisotopic (exact) mass is 430 g/mol. The molecule has 3 rings (SSSR count). The summed E-state index contributed by atoms with van der Waals surface area (Å²) in [6.45, 7) is 3.83. The number of para-hydroxylation sites is 1. The molecule has 0 bridgehead atoms. The number of halogens is 1. The minimum Gasteiger partial charge on any atom is -0.497 e. The molecule has 2 aromatic carbocycles. The summed E-state index contributed by atoms with van der Waals surface area (Å²) < 4.78 is 24.3. The third-order valence-corrected chi connectivity index (χ3v) is 5.14. The third kappa shape index (κ3) is 5.85. The van der Waals surface area contributed by atoms with Gasteiger partial charge in [-0.2, -0.15) is 0 Å². The zero-order valence-corrected chi connectivity index (χ0v) is 17.7. The van der Waals surface area contributed by atoms with Crippen LogP contribution < -0.4 is 25.0 Å². The number of amides is 2. The van der Waals surface area contributed by atoms with Crippen LogP contribution in [0.15, 0.2) is 42.5 Å². The van der Waals surface area contributed by atoms with Crippen LogP contribution in [0.5, 0.6) is 11.5 Å². The number of nitrogens with one attached hydrogen (secondary N) is 2. The van der Waals surface area contributed by atoms with Crippen molar-refractivity contribution in [3.63, 3.8) is 0 Å². The van der Waals surface area contributed by atoms with Crippen LogP contribution in [-0.4, -0.2) is 70.2 Å². The molecule has 2 N–H and O–H groups in total. The fourth-order valence-electron chi connectivity index (χ4n) is 3.42. The molecule has 31 heavy (non-hydrogen) atoms. The number of hydrogen-bond donors (Lipinski definition) is 2. The number of anilines is 2. The topological polar surface area (TPSA) is 83.1 Å². The van der Waals surface area contributed by atoms with Gasteiger partial charge in [-0.3, -0.25) is 14.5 Å². The molecule has 1 heterocycles. The second kappa shape index (κ2) is 10.6. The van der Waals surface area contributed by atoms with Crippen molar-refractivity contribution in [2.75, 3.05) is 63.7 Å². The second-order valence-corrected chi connectivity index (χ2v) is 7.06. The minimum absolute atomic E-state index is 0.220. The van der Waals surface area contributed by atoms with E-state index in [2.05, 4.69) is 15.5 Å². The molecular formula is C22H27FN4O4. The molecule has 9 heteroatoms. The van der Waals surface area contributed by atoms with E-state index in [0.717, 1.165) is 13.1 Å². The SMILES string of the molecule is COc1ccc(OC)c(NC(=O)C(=O)NCCN2CCN(c3ccccc3F)CC2)c1. The molecule has 2 aromatic rings. The van der Waals surface area contributed by atoms with E-state index < -0.39 is 11.8 Å². The Hall–Kier alpha value is -3.33. The lowest BCUT2D eigenvalue weighted by molar-refractivity contribution is -0.136. The van der Waals surface area contributed by atoms with E-state index in [1.54, 1.807) is 30.3 Å². The first-order valence-electron chi connectivity index (χ1n) is 10.0. The molecule has 166 valence electrons. The van der Waals surface area contributed by atoms with E-state index in [9.17, 15) is 14.0 Å². The maximum absolute atomic E-state index is 13.9. The first-order chi connectivity index (χ1) is 15.0. The van der Waals surface area contributed by atoms with Gasteiger partial charge >= 0.3 is 11.8 Å². The zero-order chi connectivity index (χ0) is 22.2. The van der Waals surface area contributed by atoms with E-state index in [1.807, 2.05) is 11.0 Å². The molecule has 0 unspecified atom stereocenters. The number of carbonyl (C=O) groups is 2. The van der Waals surface area contributed by atoms with Crippen molar-refractivity contribution in [2.45, 2.75) is 0 Å². The summed E-state index contributed by atoms with van der Waals surface area (Å²) in [5.74, 6) is -0.770. The smallest absolute Gasteiger partial charge is 0.313 e. The first kappa shape index (κ1) is 22.4. The van der Waals surface area contributed by atoms with Crippen molar-refractivity contribution in [1.29, 1.82) is 0 Å². The van der Waals surface area contributed by atoms with E-state index in [4.69, 9.17) is 9.47 Å². The highest BCUT2D eigenvalue weighted by Gasteiger charge is 2.20. The number of benzene rings is 2. The lowest BCUT2D eigenvalue weighted by atomic mass is 10.2. The Morgan fingerprint density at radius 3 is 2.42 bits per heavy atom. The molecule has 1 fully saturated rings. The Balaban J connectivity index is 1.42. The molecule has 1 aliphatic rings. The van der Waals surface area contributed by atoms with Gasteiger partial charge in [-0.1, -0.05) is 12.1 Å². The fraction of sp³-hybridized carbons (Fsp3) is 0.364. The number of carbonyl (C=O) groups excluding carboxylic acids is 2. The van der Waals surface area contributed by atoms with Crippen LogP contribution >= 0.6 is 0 Å². The van der Waals surface area contributed by atoms with Gasteiger partial charge in [0.2, 0.25) is 0 Å². The van der Waals surface area contributed by atoms with Crippen molar-refractivity contribution in [3.8, 4) is 11.5 Å². The number of methoxy groups -OCH3 is 2.